The van der Waals surface area contributed by atoms with E-state index in [9.17, 15) is 8.42 Å². The van der Waals surface area contributed by atoms with E-state index in [1.54, 1.807) is 35.0 Å². The SMILES string of the molecule is CCNC(=NCCS(=O)(=O)C(C)(C)C)N1CCc2cc(OC)c(OC)cc2C1.I. The van der Waals surface area contributed by atoms with Crippen molar-refractivity contribution in [3.63, 3.8) is 0 Å². The maximum atomic E-state index is 12.3. The minimum Gasteiger partial charge on any atom is -0.493 e. The number of rotatable bonds is 6. The van der Waals surface area contributed by atoms with Crippen molar-refractivity contribution < 1.29 is 17.9 Å². The monoisotopic (exact) mass is 539 g/mol. The van der Waals surface area contributed by atoms with E-state index in [1.807, 2.05) is 19.1 Å². The summed E-state index contributed by atoms with van der Waals surface area (Å²) in [5.74, 6) is 2.23. The van der Waals surface area contributed by atoms with Gasteiger partial charge >= 0.3 is 0 Å². The minimum absolute atomic E-state index is 0. The number of fused-ring (bicyclic) bond motifs is 1. The first kappa shape index (κ1) is 25.8. The zero-order chi connectivity index (χ0) is 20.9. The highest BCUT2D eigenvalue weighted by Crippen LogP contribution is 2.33. The van der Waals surface area contributed by atoms with Crippen LogP contribution in [0.25, 0.3) is 0 Å². The predicted octanol–water partition coefficient (Wildman–Crippen LogP) is 2.86. The van der Waals surface area contributed by atoms with Gasteiger partial charge in [0.15, 0.2) is 27.3 Å². The molecule has 9 heteroatoms. The largest absolute Gasteiger partial charge is 0.493 e. The van der Waals surface area contributed by atoms with E-state index >= 15 is 0 Å². The standard InChI is InChI=1S/C20H33N3O4S.HI/c1-7-21-19(22-9-11-28(24,25)20(2,3)4)23-10-8-15-12-17(26-5)18(27-6)13-16(15)14-23;/h12-13H,7-11,14H2,1-6H3,(H,21,22);1H. The first-order chi connectivity index (χ1) is 13.1. The Hall–Kier alpha value is -1.23. The predicted molar refractivity (Wildman–Crippen MR) is 129 cm³/mol. The Morgan fingerprint density at radius 1 is 1.17 bits per heavy atom. The Balaban J connectivity index is 0.00000420. The topological polar surface area (TPSA) is 80.2 Å². The molecule has 1 aromatic rings. The van der Waals surface area contributed by atoms with Crippen LogP contribution >= 0.6 is 24.0 Å². The lowest BCUT2D eigenvalue weighted by Crippen LogP contribution is -2.44. The fraction of sp³-hybridized carbons (Fsp3) is 0.650. The van der Waals surface area contributed by atoms with Gasteiger partial charge in [0, 0.05) is 19.6 Å². The number of nitrogens with one attached hydrogen (secondary N) is 1. The van der Waals surface area contributed by atoms with E-state index < -0.39 is 14.6 Å². The van der Waals surface area contributed by atoms with E-state index in [2.05, 4.69) is 15.2 Å². The van der Waals surface area contributed by atoms with Crippen molar-refractivity contribution in [2.75, 3.05) is 39.6 Å². The van der Waals surface area contributed by atoms with Crippen molar-refractivity contribution >= 4 is 39.8 Å². The van der Waals surface area contributed by atoms with Crippen LogP contribution in [0.4, 0.5) is 0 Å². The number of guanidine groups is 1. The van der Waals surface area contributed by atoms with Crippen molar-refractivity contribution in [3.05, 3.63) is 23.3 Å². The molecule has 0 bridgehead atoms. The van der Waals surface area contributed by atoms with Crippen molar-refractivity contribution in [2.24, 2.45) is 4.99 Å². The molecule has 0 spiro atoms. The molecule has 0 saturated heterocycles. The van der Waals surface area contributed by atoms with E-state index in [0.717, 1.165) is 36.8 Å². The molecule has 0 amide bonds. The van der Waals surface area contributed by atoms with E-state index in [0.29, 0.717) is 12.3 Å². The van der Waals surface area contributed by atoms with Gasteiger partial charge in [0.1, 0.15) is 0 Å². The smallest absolute Gasteiger partial charge is 0.194 e. The molecule has 1 N–H and O–H groups in total. The van der Waals surface area contributed by atoms with Crippen molar-refractivity contribution in [3.8, 4) is 11.5 Å². The summed E-state index contributed by atoms with van der Waals surface area (Å²) in [5, 5.41) is 3.28. The Bertz CT molecular complexity index is 820. The number of hydrogen-bond donors (Lipinski definition) is 1. The number of nitrogens with zero attached hydrogens (tertiary/aromatic N) is 2. The highest BCUT2D eigenvalue weighted by Gasteiger charge is 2.28. The molecule has 1 aromatic carbocycles. The molecule has 0 saturated carbocycles. The van der Waals surface area contributed by atoms with Crippen molar-refractivity contribution in [1.82, 2.24) is 10.2 Å². The van der Waals surface area contributed by atoms with Crippen LogP contribution in [-0.4, -0.2) is 63.6 Å². The highest BCUT2D eigenvalue weighted by molar-refractivity contribution is 14.0. The average Bonchev–Trinajstić information content (AvgIpc) is 2.64. The third kappa shape index (κ3) is 6.37. The zero-order valence-electron chi connectivity index (χ0n) is 18.2. The molecule has 29 heavy (non-hydrogen) atoms. The summed E-state index contributed by atoms with van der Waals surface area (Å²) in [7, 11) is 0.0826. The maximum Gasteiger partial charge on any atom is 0.194 e. The number of sulfone groups is 1. The molecule has 0 fully saturated rings. The molecule has 1 heterocycles. The van der Waals surface area contributed by atoms with Gasteiger partial charge < -0.3 is 19.7 Å². The number of ether oxygens (including phenoxy) is 2. The second-order valence-electron chi connectivity index (χ2n) is 7.81. The van der Waals surface area contributed by atoms with Crippen LogP contribution in [-0.2, 0) is 22.8 Å². The van der Waals surface area contributed by atoms with Crippen molar-refractivity contribution in [2.45, 2.75) is 45.4 Å². The second kappa shape index (κ2) is 10.7. The van der Waals surface area contributed by atoms with Crippen LogP contribution in [0.3, 0.4) is 0 Å². The summed E-state index contributed by atoms with van der Waals surface area (Å²) in [5.41, 5.74) is 2.40. The molecule has 0 aliphatic carbocycles. The van der Waals surface area contributed by atoms with Gasteiger partial charge in [-0.25, -0.2) is 8.42 Å². The number of methoxy groups -OCH3 is 2. The van der Waals surface area contributed by atoms with Crippen LogP contribution in [0, 0.1) is 0 Å². The summed E-state index contributed by atoms with van der Waals surface area (Å²) in [6, 6.07) is 4.04. The molecule has 7 nitrogen and oxygen atoms in total. The Labute approximate surface area is 192 Å². The number of aliphatic imine (C=N–C) groups is 1. The van der Waals surface area contributed by atoms with Crippen LogP contribution in [0.2, 0.25) is 0 Å². The van der Waals surface area contributed by atoms with Gasteiger partial charge in [-0.2, -0.15) is 0 Å². The van der Waals surface area contributed by atoms with Crippen LogP contribution < -0.4 is 14.8 Å². The average molecular weight is 539 g/mol. The molecule has 0 aromatic heterocycles. The number of benzene rings is 1. The first-order valence-electron chi connectivity index (χ1n) is 9.62. The normalized spacial score (nSPS) is 14.7. The van der Waals surface area contributed by atoms with Gasteiger partial charge in [0.25, 0.3) is 0 Å². The number of hydrogen-bond acceptors (Lipinski definition) is 5. The minimum atomic E-state index is -3.19. The van der Waals surface area contributed by atoms with Gasteiger partial charge in [-0.3, -0.25) is 4.99 Å². The van der Waals surface area contributed by atoms with Crippen LogP contribution in [0.1, 0.15) is 38.8 Å². The number of halogens is 1. The molecular weight excluding hydrogens is 505 g/mol. The van der Waals surface area contributed by atoms with Gasteiger partial charge in [-0.15, -0.1) is 24.0 Å². The first-order valence-corrected chi connectivity index (χ1v) is 11.3. The third-order valence-corrected chi connectivity index (χ3v) is 7.49. The summed E-state index contributed by atoms with van der Waals surface area (Å²) in [6.07, 6.45) is 0.861. The molecule has 1 aliphatic heterocycles. The molecule has 0 radical (unpaired) electrons. The highest BCUT2D eigenvalue weighted by atomic mass is 127. The Morgan fingerprint density at radius 3 is 2.28 bits per heavy atom. The van der Waals surface area contributed by atoms with Gasteiger partial charge in [0.2, 0.25) is 0 Å². The third-order valence-electron chi connectivity index (χ3n) is 4.91. The second-order valence-corrected chi connectivity index (χ2v) is 10.7. The van der Waals surface area contributed by atoms with Gasteiger partial charge in [-0.05, 0) is 57.4 Å². The van der Waals surface area contributed by atoms with E-state index in [1.165, 1.54) is 5.56 Å². The maximum absolute atomic E-state index is 12.3. The molecule has 1 aliphatic rings. The summed E-state index contributed by atoms with van der Waals surface area (Å²) in [6.45, 7) is 9.64. The fourth-order valence-corrected chi connectivity index (χ4v) is 4.01. The van der Waals surface area contributed by atoms with E-state index in [-0.39, 0.29) is 36.3 Å². The Kier molecular flexibility index (Phi) is 9.52. The van der Waals surface area contributed by atoms with Crippen LogP contribution in [0.5, 0.6) is 11.5 Å². The lowest BCUT2D eigenvalue weighted by atomic mass is 9.99. The van der Waals surface area contributed by atoms with Gasteiger partial charge in [-0.1, -0.05) is 0 Å². The van der Waals surface area contributed by atoms with Crippen LogP contribution in [0.15, 0.2) is 17.1 Å². The molecule has 166 valence electrons. The lowest BCUT2D eigenvalue weighted by molar-refractivity contribution is 0.346. The lowest BCUT2D eigenvalue weighted by Gasteiger charge is -2.32. The molecule has 0 atom stereocenters. The zero-order valence-corrected chi connectivity index (χ0v) is 21.4. The summed E-state index contributed by atoms with van der Waals surface area (Å²) >= 11 is 0. The Morgan fingerprint density at radius 2 is 1.76 bits per heavy atom. The quantitative estimate of drug-likeness (QED) is 0.340. The molecule has 0 unspecified atom stereocenters. The molecule has 2 rings (SSSR count). The summed E-state index contributed by atoms with van der Waals surface area (Å²) < 4.78 is 34.7. The van der Waals surface area contributed by atoms with Crippen molar-refractivity contribution in [1.29, 1.82) is 0 Å². The van der Waals surface area contributed by atoms with E-state index in [4.69, 9.17) is 9.47 Å². The fourth-order valence-electron chi connectivity index (χ4n) is 3.07. The van der Waals surface area contributed by atoms with Gasteiger partial charge in [0.05, 0.1) is 31.3 Å². The molecular formula is C20H34IN3O4S. The summed E-state index contributed by atoms with van der Waals surface area (Å²) in [4.78, 5) is 6.74.